The molecule has 0 spiro atoms. The maximum Gasteiger partial charge on any atom is 0.271 e. The van der Waals surface area contributed by atoms with Crippen LogP contribution in [-0.4, -0.2) is 12.1 Å². The summed E-state index contributed by atoms with van der Waals surface area (Å²) in [6, 6.07) is 17.4. The van der Waals surface area contributed by atoms with Gasteiger partial charge < -0.3 is 0 Å². The molecule has 0 aliphatic carbocycles. The Morgan fingerprint density at radius 3 is 2.64 bits per heavy atom. The number of allylic oxidation sites excluding steroid dienone is 1. The maximum atomic E-state index is 12.1. The van der Waals surface area contributed by atoms with E-state index >= 15 is 0 Å². The zero-order valence-corrected chi connectivity index (χ0v) is 16.0. The molecule has 0 bridgehead atoms. The zero-order chi connectivity index (χ0) is 17.9. The number of carbonyl (C=O) groups excluding carboxylic acids is 1. The van der Waals surface area contributed by atoms with Crippen LogP contribution in [0.15, 0.2) is 69.7 Å². The number of nitrogens with one attached hydrogen (secondary N) is 1. The average molecular weight is 399 g/mol. The zero-order valence-electron chi connectivity index (χ0n) is 14.4. The van der Waals surface area contributed by atoms with Crippen molar-refractivity contribution >= 4 is 34.1 Å². The molecule has 0 heterocycles. The predicted octanol–water partition coefficient (Wildman–Crippen LogP) is 5.83. The monoisotopic (exact) mass is 398 g/mol. The first-order valence-electron chi connectivity index (χ1n) is 8.53. The van der Waals surface area contributed by atoms with Crippen molar-refractivity contribution in [3.63, 3.8) is 0 Å². The predicted molar refractivity (Wildman–Crippen MR) is 109 cm³/mol. The lowest BCUT2D eigenvalue weighted by molar-refractivity contribution is 0.0955. The van der Waals surface area contributed by atoms with E-state index < -0.39 is 0 Å². The molecular weight excluding hydrogens is 376 g/mol. The molecule has 0 aliphatic heterocycles. The van der Waals surface area contributed by atoms with E-state index in [-0.39, 0.29) is 5.91 Å². The Morgan fingerprint density at radius 1 is 1.12 bits per heavy atom. The molecule has 0 atom stereocenters. The van der Waals surface area contributed by atoms with Gasteiger partial charge in [-0.15, -0.1) is 0 Å². The number of nitrogens with zero attached hydrogens (tertiary/aromatic N) is 1. The molecule has 0 saturated carbocycles. The van der Waals surface area contributed by atoms with Crippen LogP contribution in [0.5, 0.6) is 0 Å². The van der Waals surface area contributed by atoms with E-state index in [4.69, 9.17) is 0 Å². The second kappa shape index (κ2) is 10.6. The van der Waals surface area contributed by atoms with Gasteiger partial charge in [0.2, 0.25) is 0 Å². The second-order valence-electron chi connectivity index (χ2n) is 5.80. The van der Waals surface area contributed by atoms with E-state index in [1.807, 2.05) is 30.3 Å². The number of halogens is 1. The van der Waals surface area contributed by atoms with Gasteiger partial charge >= 0.3 is 0 Å². The average Bonchev–Trinajstić information content (AvgIpc) is 2.62. The molecule has 0 aromatic heterocycles. The third kappa shape index (κ3) is 7.06. The number of rotatable bonds is 8. The summed E-state index contributed by atoms with van der Waals surface area (Å²) in [4.78, 5) is 12.1. The first kappa shape index (κ1) is 19.1. The Kier molecular flexibility index (Phi) is 8.13. The van der Waals surface area contributed by atoms with E-state index in [9.17, 15) is 4.79 Å². The molecule has 25 heavy (non-hydrogen) atoms. The fourth-order valence-electron chi connectivity index (χ4n) is 2.38. The van der Waals surface area contributed by atoms with E-state index in [0.717, 1.165) is 28.5 Å². The van der Waals surface area contributed by atoms with Crippen LogP contribution in [-0.2, 0) is 0 Å². The van der Waals surface area contributed by atoms with Gasteiger partial charge in [0, 0.05) is 10.0 Å². The number of benzene rings is 2. The Morgan fingerprint density at radius 2 is 1.92 bits per heavy atom. The first-order valence-corrected chi connectivity index (χ1v) is 9.33. The number of hydrazone groups is 1. The highest BCUT2D eigenvalue weighted by molar-refractivity contribution is 9.10. The standard InChI is InChI=1S/C21H23BrN2O/c1-2-3-5-11-18(14-17-9-6-4-7-10-17)16-23-24-21(25)19-12-8-13-20(22)15-19/h4,6-10,12-16H,2-3,5,11H2,1H3,(H,24,25)/b18-14-,23-16+. The smallest absolute Gasteiger partial charge is 0.267 e. The summed E-state index contributed by atoms with van der Waals surface area (Å²) in [5.41, 5.74) is 5.42. The Hall–Kier alpha value is -2.20. The van der Waals surface area contributed by atoms with Gasteiger partial charge in [-0.1, -0.05) is 78.2 Å². The summed E-state index contributed by atoms with van der Waals surface area (Å²) in [6.07, 6.45) is 8.28. The first-order chi connectivity index (χ1) is 12.2. The number of amides is 1. The highest BCUT2D eigenvalue weighted by Gasteiger charge is 2.04. The van der Waals surface area contributed by atoms with Crippen LogP contribution in [0.2, 0.25) is 0 Å². The molecule has 2 rings (SSSR count). The van der Waals surface area contributed by atoms with Crippen LogP contribution < -0.4 is 5.43 Å². The van der Waals surface area contributed by atoms with E-state index in [1.165, 1.54) is 12.8 Å². The largest absolute Gasteiger partial charge is 0.271 e. The Bertz CT molecular complexity index is 739. The Labute approximate surface area is 158 Å². The molecule has 3 nitrogen and oxygen atoms in total. The van der Waals surface area contributed by atoms with E-state index in [0.29, 0.717) is 5.56 Å². The minimum absolute atomic E-state index is 0.217. The maximum absolute atomic E-state index is 12.1. The van der Waals surface area contributed by atoms with E-state index in [1.54, 1.807) is 18.3 Å². The van der Waals surface area contributed by atoms with Crippen LogP contribution in [0.25, 0.3) is 6.08 Å². The van der Waals surface area contributed by atoms with E-state index in [2.05, 4.69) is 51.6 Å². The van der Waals surface area contributed by atoms with Gasteiger partial charge in [0.25, 0.3) is 5.91 Å². The lowest BCUT2D eigenvalue weighted by Crippen LogP contribution is -2.17. The highest BCUT2D eigenvalue weighted by Crippen LogP contribution is 2.13. The van der Waals surface area contributed by atoms with Gasteiger partial charge in [-0.3, -0.25) is 4.79 Å². The molecule has 1 N–H and O–H groups in total. The summed E-state index contributed by atoms with van der Waals surface area (Å²) in [5.74, 6) is -0.217. The van der Waals surface area contributed by atoms with Crippen LogP contribution in [0.4, 0.5) is 0 Å². The summed E-state index contributed by atoms with van der Waals surface area (Å²) in [5, 5.41) is 4.14. The minimum atomic E-state index is -0.217. The molecule has 130 valence electrons. The highest BCUT2D eigenvalue weighted by atomic mass is 79.9. The van der Waals surface area contributed by atoms with Crippen molar-refractivity contribution in [1.29, 1.82) is 0 Å². The van der Waals surface area contributed by atoms with Crippen molar-refractivity contribution in [1.82, 2.24) is 5.43 Å². The number of unbranched alkanes of at least 4 members (excludes halogenated alkanes) is 2. The number of hydrogen-bond donors (Lipinski definition) is 1. The fraction of sp³-hybridized carbons (Fsp3) is 0.238. The topological polar surface area (TPSA) is 41.5 Å². The molecule has 4 heteroatoms. The van der Waals surface area contributed by atoms with Gasteiger partial charge in [0.1, 0.15) is 0 Å². The van der Waals surface area contributed by atoms with Crippen molar-refractivity contribution < 1.29 is 4.79 Å². The van der Waals surface area contributed by atoms with Gasteiger partial charge in [-0.2, -0.15) is 5.10 Å². The lowest BCUT2D eigenvalue weighted by atomic mass is 10.1. The summed E-state index contributed by atoms with van der Waals surface area (Å²) in [7, 11) is 0. The minimum Gasteiger partial charge on any atom is -0.267 e. The Balaban J connectivity index is 2.03. The van der Waals surface area contributed by atoms with Crippen LogP contribution in [0, 0.1) is 0 Å². The molecule has 0 radical (unpaired) electrons. The number of carbonyl (C=O) groups is 1. The summed E-state index contributed by atoms with van der Waals surface area (Å²) >= 11 is 3.37. The molecular formula is C21H23BrN2O. The third-order valence-electron chi connectivity index (χ3n) is 3.70. The fourth-order valence-corrected chi connectivity index (χ4v) is 2.78. The molecule has 2 aromatic carbocycles. The van der Waals surface area contributed by atoms with Crippen LogP contribution in [0.3, 0.4) is 0 Å². The normalized spacial score (nSPS) is 11.7. The summed E-state index contributed by atoms with van der Waals surface area (Å²) in [6.45, 7) is 2.19. The van der Waals surface area contributed by atoms with Crippen molar-refractivity contribution in [2.75, 3.05) is 0 Å². The van der Waals surface area contributed by atoms with Crippen molar-refractivity contribution in [2.45, 2.75) is 32.6 Å². The van der Waals surface area contributed by atoms with Gasteiger partial charge in [-0.05, 0) is 42.2 Å². The quantitative estimate of drug-likeness (QED) is 0.339. The molecule has 0 unspecified atom stereocenters. The molecule has 0 aliphatic rings. The molecule has 2 aromatic rings. The van der Waals surface area contributed by atoms with Crippen LogP contribution >= 0.6 is 15.9 Å². The molecule has 1 amide bonds. The van der Waals surface area contributed by atoms with Crippen LogP contribution in [0.1, 0.15) is 48.5 Å². The van der Waals surface area contributed by atoms with Gasteiger partial charge in [0.15, 0.2) is 0 Å². The molecule has 0 saturated heterocycles. The van der Waals surface area contributed by atoms with Crippen molar-refractivity contribution in [3.05, 3.63) is 75.8 Å². The number of hydrogen-bond acceptors (Lipinski definition) is 2. The van der Waals surface area contributed by atoms with Gasteiger partial charge in [0.05, 0.1) is 6.21 Å². The van der Waals surface area contributed by atoms with Crippen molar-refractivity contribution in [2.24, 2.45) is 5.10 Å². The van der Waals surface area contributed by atoms with Crippen molar-refractivity contribution in [3.8, 4) is 0 Å². The van der Waals surface area contributed by atoms with Gasteiger partial charge in [-0.25, -0.2) is 5.43 Å². The second-order valence-corrected chi connectivity index (χ2v) is 6.71. The SMILES string of the molecule is CCCCCC(=C/c1ccccc1)/C=N/NC(=O)c1cccc(Br)c1. The summed E-state index contributed by atoms with van der Waals surface area (Å²) < 4.78 is 0.869. The third-order valence-corrected chi connectivity index (χ3v) is 4.20. The molecule has 0 fully saturated rings. The lowest BCUT2D eigenvalue weighted by Gasteiger charge is -2.04.